The molecule has 0 bridgehead atoms. The van der Waals surface area contributed by atoms with Crippen LogP contribution < -0.4 is 4.90 Å². The number of anilines is 3. The summed E-state index contributed by atoms with van der Waals surface area (Å²) in [5, 5.41) is 7.22. The van der Waals surface area contributed by atoms with Gasteiger partial charge in [-0.05, 0) is 69.2 Å². The maximum absolute atomic E-state index is 6.38. The van der Waals surface area contributed by atoms with E-state index in [1.165, 1.54) is 32.7 Å². The summed E-state index contributed by atoms with van der Waals surface area (Å²) in [7, 11) is 0. The van der Waals surface area contributed by atoms with Crippen molar-refractivity contribution in [3.8, 4) is 22.3 Å². The molecular formula is C44H29NO. The van der Waals surface area contributed by atoms with Gasteiger partial charge in [0.1, 0.15) is 11.2 Å². The molecule has 0 spiro atoms. The molecule has 0 radical (unpaired) electrons. The van der Waals surface area contributed by atoms with Crippen LogP contribution in [-0.2, 0) is 0 Å². The van der Waals surface area contributed by atoms with Crippen LogP contribution in [0.4, 0.5) is 17.1 Å². The standard InChI is InChI=1S/C44H29NO/c1-2-11-30(12-3-1)31-21-25-34(26-22-31)45(42-29-33-13-4-5-14-36(33)38-15-6-7-16-39(38)42)35-27-23-32(24-28-35)37-18-10-19-41-40-17-8-9-20-43(40)46-44(37)41/h1-29H. The Morgan fingerprint density at radius 2 is 0.935 bits per heavy atom. The Labute approximate surface area is 267 Å². The van der Waals surface area contributed by atoms with Gasteiger partial charge < -0.3 is 9.32 Å². The second-order valence-corrected chi connectivity index (χ2v) is 11.7. The van der Waals surface area contributed by atoms with Crippen LogP contribution in [0.2, 0.25) is 0 Å². The van der Waals surface area contributed by atoms with E-state index in [9.17, 15) is 0 Å². The number of para-hydroxylation sites is 2. The molecule has 216 valence electrons. The van der Waals surface area contributed by atoms with E-state index in [-0.39, 0.29) is 0 Å². The Morgan fingerprint density at radius 3 is 1.70 bits per heavy atom. The highest BCUT2D eigenvalue weighted by molar-refractivity contribution is 6.15. The van der Waals surface area contributed by atoms with Crippen molar-refractivity contribution in [2.24, 2.45) is 0 Å². The van der Waals surface area contributed by atoms with E-state index in [0.29, 0.717) is 0 Å². The van der Waals surface area contributed by atoms with Crippen LogP contribution in [0.25, 0.3) is 65.7 Å². The fourth-order valence-electron chi connectivity index (χ4n) is 6.84. The van der Waals surface area contributed by atoms with Crippen LogP contribution in [0.5, 0.6) is 0 Å². The van der Waals surface area contributed by atoms with Crippen LogP contribution in [0.1, 0.15) is 0 Å². The first kappa shape index (κ1) is 26.3. The zero-order chi connectivity index (χ0) is 30.5. The monoisotopic (exact) mass is 587 g/mol. The molecule has 46 heavy (non-hydrogen) atoms. The van der Waals surface area contributed by atoms with Gasteiger partial charge in [0.25, 0.3) is 0 Å². The number of nitrogens with zero attached hydrogens (tertiary/aromatic N) is 1. The fraction of sp³-hybridized carbons (Fsp3) is 0. The minimum absolute atomic E-state index is 0.912. The molecule has 0 N–H and O–H groups in total. The van der Waals surface area contributed by atoms with E-state index in [0.717, 1.165) is 50.1 Å². The van der Waals surface area contributed by atoms with Crippen LogP contribution >= 0.6 is 0 Å². The molecule has 0 fully saturated rings. The molecule has 0 aliphatic carbocycles. The van der Waals surface area contributed by atoms with Gasteiger partial charge in [0.05, 0.1) is 5.69 Å². The lowest BCUT2D eigenvalue weighted by Gasteiger charge is -2.28. The Bertz CT molecular complexity index is 2510. The SMILES string of the molecule is c1ccc(-c2ccc(N(c3ccc(-c4cccc5c4oc4ccccc45)cc3)c3cc4ccccc4c4ccccc34)cc2)cc1. The number of fused-ring (bicyclic) bond motifs is 6. The van der Waals surface area contributed by atoms with Crippen LogP contribution in [-0.4, -0.2) is 0 Å². The van der Waals surface area contributed by atoms with E-state index in [2.05, 4.69) is 169 Å². The highest BCUT2D eigenvalue weighted by Gasteiger charge is 2.18. The molecule has 8 aromatic carbocycles. The van der Waals surface area contributed by atoms with Crippen molar-refractivity contribution in [2.75, 3.05) is 4.90 Å². The summed E-state index contributed by atoms with van der Waals surface area (Å²) in [5.74, 6) is 0. The van der Waals surface area contributed by atoms with E-state index in [1.807, 2.05) is 12.1 Å². The largest absolute Gasteiger partial charge is 0.455 e. The summed E-state index contributed by atoms with van der Waals surface area (Å²) in [4.78, 5) is 2.38. The van der Waals surface area contributed by atoms with Crippen LogP contribution in [0, 0.1) is 0 Å². The lowest BCUT2D eigenvalue weighted by Crippen LogP contribution is -2.10. The third kappa shape index (κ3) is 4.35. The van der Waals surface area contributed by atoms with Gasteiger partial charge in [-0.1, -0.05) is 140 Å². The molecule has 0 atom stereocenters. The molecule has 1 aromatic heterocycles. The van der Waals surface area contributed by atoms with E-state index < -0.39 is 0 Å². The number of rotatable bonds is 5. The number of hydrogen-bond donors (Lipinski definition) is 0. The third-order valence-corrected chi connectivity index (χ3v) is 9.06. The van der Waals surface area contributed by atoms with Crippen molar-refractivity contribution >= 4 is 60.5 Å². The van der Waals surface area contributed by atoms with Gasteiger partial charge in [0.15, 0.2) is 0 Å². The minimum atomic E-state index is 0.912. The smallest absolute Gasteiger partial charge is 0.143 e. The number of furan rings is 1. The van der Waals surface area contributed by atoms with E-state index in [1.54, 1.807) is 0 Å². The average Bonchev–Trinajstić information content (AvgIpc) is 3.52. The Morgan fingerprint density at radius 1 is 0.370 bits per heavy atom. The zero-order valence-electron chi connectivity index (χ0n) is 25.1. The first-order valence-corrected chi connectivity index (χ1v) is 15.7. The first-order chi connectivity index (χ1) is 22.8. The quantitative estimate of drug-likeness (QED) is 0.186. The molecule has 0 unspecified atom stereocenters. The fourth-order valence-corrected chi connectivity index (χ4v) is 6.84. The number of hydrogen-bond acceptors (Lipinski definition) is 2. The van der Waals surface area contributed by atoms with Gasteiger partial charge in [-0.15, -0.1) is 0 Å². The Hall–Kier alpha value is -6.12. The maximum Gasteiger partial charge on any atom is 0.143 e. The lowest BCUT2D eigenvalue weighted by atomic mass is 9.98. The molecule has 0 aliphatic heterocycles. The second-order valence-electron chi connectivity index (χ2n) is 11.7. The third-order valence-electron chi connectivity index (χ3n) is 9.06. The molecule has 0 aliphatic rings. The van der Waals surface area contributed by atoms with Crippen molar-refractivity contribution in [1.82, 2.24) is 0 Å². The van der Waals surface area contributed by atoms with Gasteiger partial charge in [-0.25, -0.2) is 0 Å². The molecule has 0 saturated carbocycles. The van der Waals surface area contributed by atoms with Crippen molar-refractivity contribution < 1.29 is 4.42 Å². The Balaban J connectivity index is 1.22. The topological polar surface area (TPSA) is 16.4 Å². The zero-order valence-corrected chi connectivity index (χ0v) is 25.1. The van der Waals surface area contributed by atoms with Crippen LogP contribution in [0.15, 0.2) is 180 Å². The summed E-state index contributed by atoms with van der Waals surface area (Å²) in [5.41, 5.74) is 9.80. The molecule has 0 amide bonds. The lowest BCUT2D eigenvalue weighted by molar-refractivity contribution is 0.670. The predicted molar refractivity (Wildman–Crippen MR) is 194 cm³/mol. The van der Waals surface area contributed by atoms with Gasteiger partial charge in [0.2, 0.25) is 0 Å². The molecule has 1 heterocycles. The van der Waals surface area contributed by atoms with E-state index >= 15 is 0 Å². The van der Waals surface area contributed by atoms with Crippen molar-refractivity contribution in [3.05, 3.63) is 176 Å². The average molecular weight is 588 g/mol. The normalized spacial score (nSPS) is 11.5. The van der Waals surface area contributed by atoms with Gasteiger partial charge in [-0.3, -0.25) is 0 Å². The van der Waals surface area contributed by atoms with Crippen molar-refractivity contribution in [3.63, 3.8) is 0 Å². The second kappa shape index (κ2) is 10.8. The predicted octanol–water partition coefficient (Wildman–Crippen LogP) is 12.7. The highest BCUT2D eigenvalue weighted by atomic mass is 16.3. The van der Waals surface area contributed by atoms with Crippen LogP contribution in [0.3, 0.4) is 0 Å². The molecular weight excluding hydrogens is 558 g/mol. The van der Waals surface area contributed by atoms with E-state index in [4.69, 9.17) is 4.42 Å². The molecule has 2 nitrogen and oxygen atoms in total. The number of benzene rings is 8. The summed E-state index contributed by atoms with van der Waals surface area (Å²) < 4.78 is 6.38. The van der Waals surface area contributed by atoms with Crippen molar-refractivity contribution in [2.45, 2.75) is 0 Å². The van der Waals surface area contributed by atoms with Gasteiger partial charge >= 0.3 is 0 Å². The molecule has 9 rings (SSSR count). The summed E-state index contributed by atoms with van der Waals surface area (Å²) in [6, 6.07) is 62.7. The van der Waals surface area contributed by atoms with Gasteiger partial charge in [0, 0.05) is 33.1 Å². The summed E-state index contributed by atoms with van der Waals surface area (Å²) in [6.07, 6.45) is 0. The van der Waals surface area contributed by atoms with Crippen molar-refractivity contribution in [1.29, 1.82) is 0 Å². The first-order valence-electron chi connectivity index (χ1n) is 15.7. The van der Waals surface area contributed by atoms with Gasteiger partial charge in [-0.2, -0.15) is 0 Å². The highest BCUT2D eigenvalue weighted by Crippen LogP contribution is 2.43. The Kier molecular flexibility index (Phi) is 6.17. The summed E-state index contributed by atoms with van der Waals surface area (Å²) in [6.45, 7) is 0. The molecule has 2 heteroatoms. The maximum atomic E-state index is 6.38. The minimum Gasteiger partial charge on any atom is -0.455 e. The molecule has 9 aromatic rings. The summed E-state index contributed by atoms with van der Waals surface area (Å²) >= 11 is 0. The molecule has 0 saturated heterocycles.